The van der Waals surface area contributed by atoms with Crippen LogP contribution < -0.4 is 24.8 Å². The molecule has 3 aromatic rings. The first-order chi connectivity index (χ1) is 11.4. The fraction of sp³-hybridized carbons (Fsp3) is 0.0909. The summed E-state index contributed by atoms with van der Waals surface area (Å²) in [6.45, 7) is 0.140. The largest absolute Gasteiger partial charge is 3.00 e. The molecule has 131 valence electrons. The molecule has 0 bridgehead atoms. The van der Waals surface area contributed by atoms with Crippen molar-refractivity contribution >= 4 is 10.8 Å². The number of benzene rings is 3. The number of fused-ring (bicyclic) bond motifs is 1. The smallest absolute Gasteiger partial charge is 1.00 e. The quantitative estimate of drug-likeness (QED) is 0.420. The van der Waals surface area contributed by atoms with Crippen molar-refractivity contribution in [3.8, 4) is 0 Å². The van der Waals surface area contributed by atoms with Crippen LogP contribution in [0, 0.1) is 6.07 Å². The van der Waals surface area contributed by atoms with Gasteiger partial charge in [0.2, 0.25) is 0 Å². The molecule has 0 saturated carbocycles. The van der Waals surface area contributed by atoms with Crippen molar-refractivity contribution in [2.45, 2.75) is 12.5 Å². The summed E-state index contributed by atoms with van der Waals surface area (Å²) in [4.78, 5) is 0. The van der Waals surface area contributed by atoms with E-state index in [-0.39, 0.29) is 53.1 Å². The van der Waals surface area contributed by atoms with Crippen molar-refractivity contribution < 1.29 is 51.6 Å². The van der Waals surface area contributed by atoms with Gasteiger partial charge in [0, 0.05) is 5.92 Å². The van der Waals surface area contributed by atoms with Gasteiger partial charge in [0.05, 0.1) is 6.61 Å². The van der Waals surface area contributed by atoms with E-state index in [0.717, 1.165) is 5.56 Å². The Morgan fingerprint density at radius 2 is 1.38 bits per heavy atom. The topological polar surface area (TPSA) is 20.2 Å². The molecule has 0 spiro atoms. The summed E-state index contributed by atoms with van der Waals surface area (Å²) < 4.78 is 0. The molecule has 0 unspecified atom stereocenters. The summed E-state index contributed by atoms with van der Waals surface area (Å²) in [6, 6.07) is 25.7. The molecule has 0 heterocycles. The number of allylic oxidation sites excluding steroid dienone is 4. The monoisotopic (exact) mass is 417 g/mol. The molecule has 0 atom stereocenters. The number of aliphatic hydroxyl groups is 1. The van der Waals surface area contributed by atoms with Gasteiger partial charge in [-0.15, -0.1) is 46.7 Å². The molecule has 1 aliphatic carbocycles. The first kappa shape index (κ1) is 24.7. The van der Waals surface area contributed by atoms with Crippen molar-refractivity contribution in [3.63, 3.8) is 0 Å². The van der Waals surface area contributed by atoms with Crippen molar-refractivity contribution in [1.82, 2.24) is 0 Å². The van der Waals surface area contributed by atoms with E-state index in [2.05, 4.69) is 66.8 Å². The maximum atomic E-state index is 8.54. The van der Waals surface area contributed by atoms with E-state index in [1.165, 1.54) is 16.3 Å². The Kier molecular flexibility index (Phi) is 12.3. The second kappa shape index (κ2) is 12.9. The number of hydrogen-bond acceptors (Lipinski definition) is 1. The Morgan fingerprint density at radius 1 is 0.769 bits per heavy atom. The van der Waals surface area contributed by atoms with Crippen LogP contribution in [0.1, 0.15) is 17.0 Å². The van der Waals surface area contributed by atoms with Crippen molar-refractivity contribution in [1.29, 1.82) is 0 Å². The van der Waals surface area contributed by atoms with Crippen molar-refractivity contribution in [2.24, 2.45) is 0 Å². The molecule has 0 aromatic heterocycles. The van der Waals surface area contributed by atoms with Crippen LogP contribution in [0.25, 0.3) is 10.8 Å². The van der Waals surface area contributed by atoms with Gasteiger partial charge in [-0.05, 0) is 5.56 Å². The van der Waals surface area contributed by atoms with Gasteiger partial charge >= 0.3 is 21.7 Å². The van der Waals surface area contributed by atoms with Crippen LogP contribution in [0.4, 0.5) is 0 Å². The van der Waals surface area contributed by atoms with Gasteiger partial charge in [0.1, 0.15) is 0 Å². The third kappa shape index (κ3) is 6.76. The second-order valence-electron chi connectivity index (χ2n) is 5.44. The summed E-state index contributed by atoms with van der Waals surface area (Å²) in [7, 11) is 0. The molecule has 26 heavy (non-hydrogen) atoms. The van der Waals surface area contributed by atoms with E-state index in [0.29, 0.717) is 5.92 Å². The predicted octanol–water partition coefficient (Wildman–Crippen LogP) is -0.966. The maximum Gasteiger partial charge on any atom is 3.00 e. The van der Waals surface area contributed by atoms with Crippen LogP contribution in [0.3, 0.4) is 0 Å². The first-order valence-corrected chi connectivity index (χ1v) is 7.77. The Balaban J connectivity index is 0.000000497. The van der Waals surface area contributed by atoms with Crippen LogP contribution >= 0.6 is 0 Å². The Labute approximate surface area is 182 Å². The van der Waals surface area contributed by atoms with Crippen LogP contribution in [-0.2, 0) is 28.3 Å². The zero-order chi connectivity index (χ0) is 15.9. The van der Waals surface area contributed by atoms with Crippen LogP contribution in [0.15, 0.2) is 91.0 Å². The molecule has 3 aromatic carbocycles. The zero-order valence-corrected chi connectivity index (χ0v) is 17.2. The maximum absolute atomic E-state index is 8.54. The van der Waals surface area contributed by atoms with E-state index >= 15 is 0 Å². The molecule has 4 heteroatoms. The molecule has 1 nitrogen and oxygen atoms in total. The van der Waals surface area contributed by atoms with Gasteiger partial charge in [0.25, 0.3) is 0 Å². The summed E-state index contributed by atoms with van der Waals surface area (Å²) >= 11 is 0. The van der Waals surface area contributed by atoms with E-state index < -0.39 is 0 Å². The standard InChI is InChI=1S/C15H11.C7H8O.2ClH.Ti/c1-2-6-12(5-1)15-10-9-13-7-3-4-8-14(13)11-15;8-6-7-4-2-1-3-5-7;;;/h1-10,12H;1-5,8H,6H2;2*1H;/q-1;;;;+3/p-2. The number of hydrogen-bond donors (Lipinski definition) is 1. The second-order valence-corrected chi connectivity index (χ2v) is 5.44. The van der Waals surface area contributed by atoms with Crippen molar-refractivity contribution in [2.75, 3.05) is 0 Å². The molecule has 1 N–H and O–H groups in total. The Bertz CT molecular complexity index is 820. The molecular formula is C22H19Cl2OTi. The number of rotatable bonds is 2. The third-order valence-electron chi connectivity index (χ3n) is 3.81. The number of aliphatic hydroxyl groups excluding tert-OH is 1. The van der Waals surface area contributed by atoms with Gasteiger partial charge in [-0.2, -0.15) is 0 Å². The normalized spacial score (nSPS) is 11.6. The molecule has 1 aliphatic rings. The Morgan fingerprint density at radius 3 is 2.00 bits per heavy atom. The molecule has 0 saturated heterocycles. The molecular weight excluding hydrogens is 399 g/mol. The van der Waals surface area contributed by atoms with Gasteiger partial charge in [-0.25, -0.2) is 0 Å². The summed E-state index contributed by atoms with van der Waals surface area (Å²) in [5.74, 6) is 0.412. The van der Waals surface area contributed by atoms with E-state index in [9.17, 15) is 0 Å². The van der Waals surface area contributed by atoms with Gasteiger partial charge in [0.15, 0.2) is 0 Å². The van der Waals surface area contributed by atoms with Gasteiger partial charge < -0.3 is 29.9 Å². The molecule has 0 amide bonds. The molecule has 1 radical (unpaired) electrons. The van der Waals surface area contributed by atoms with Crippen LogP contribution in [0.2, 0.25) is 0 Å². The fourth-order valence-corrected chi connectivity index (χ4v) is 2.55. The van der Waals surface area contributed by atoms with Gasteiger partial charge in [-0.1, -0.05) is 66.8 Å². The van der Waals surface area contributed by atoms with Gasteiger partial charge in [-0.3, -0.25) is 0 Å². The SMILES string of the molecule is OCc1ccccc1.[Cl-].[Cl-].[Ti+3].[c-]1c(C2C=CC=C2)ccc2ccccc12. The van der Waals surface area contributed by atoms with Crippen LogP contribution in [-0.4, -0.2) is 5.11 Å². The summed E-state index contributed by atoms with van der Waals surface area (Å²) in [5, 5.41) is 11.0. The van der Waals surface area contributed by atoms with E-state index in [1.54, 1.807) is 0 Å². The van der Waals surface area contributed by atoms with E-state index in [1.807, 2.05) is 30.3 Å². The Hall–Kier alpha value is -1.35. The minimum atomic E-state index is 0. The van der Waals surface area contributed by atoms with E-state index in [4.69, 9.17) is 5.11 Å². The summed E-state index contributed by atoms with van der Waals surface area (Å²) in [6.07, 6.45) is 8.57. The van der Waals surface area contributed by atoms with Crippen molar-refractivity contribution in [3.05, 3.63) is 108 Å². The zero-order valence-electron chi connectivity index (χ0n) is 14.1. The first-order valence-electron chi connectivity index (χ1n) is 7.77. The minimum Gasteiger partial charge on any atom is -1.00 e. The number of halogens is 2. The molecule has 0 fully saturated rings. The average molecular weight is 418 g/mol. The third-order valence-corrected chi connectivity index (χ3v) is 3.81. The molecule has 0 aliphatic heterocycles. The summed E-state index contributed by atoms with van der Waals surface area (Å²) in [5.41, 5.74) is 2.21. The molecule has 4 rings (SSSR count). The average Bonchev–Trinajstić information content (AvgIpc) is 3.17. The fourth-order valence-electron chi connectivity index (χ4n) is 2.55. The van der Waals surface area contributed by atoms with Crippen LogP contribution in [0.5, 0.6) is 0 Å². The predicted molar refractivity (Wildman–Crippen MR) is 96.2 cm³/mol. The minimum absolute atomic E-state index is 0.